The third-order valence-corrected chi connectivity index (χ3v) is 6.95. The molecule has 33 heavy (non-hydrogen) atoms. The monoisotopic (exact) mass is 487 g/mol. The molecule has 0 radical (unpaired) electrons. The molecule has 12 heteroatoms. The number of anilines is 1. The van der Waals surface area contributed by atoms with Gasteiger partial charge in [0.15, 0.2) is 0 Å². The fourth-order valence-electron chi connectivity index (χ4n) is 3.70. The number of phosphoric ester groups is 1. The number of rotatable bonds is 8. The van der Waals surface area contributed by atoms with Gasteiger partial charge in [-0.05, 0) is 24.0 Å². The molecule has 10 nitrogen and oxygen atoms in total. The molecule has 1 fully saturated rings. The third-order valence-electron chi connectivity index (χ3n) is 5.12. The molecule has 2 heterocycles. The van der Waals surface area contributed by atoms with Crippen molar-refractivity contribution in [1.29, 1.82) is 5.26 Å². The Balaban J connectivity index is 2.06. The summed E-state index contributed by atoms with van der Waals surface area (Å²) in [5.41, 5.74) is 7.22. The van der Waals surface area contributed by atoms with E-state index in [-0.39, 0.29) is 28.6 Å². The van der Waals surface area contributed by atoms with Gasteiger partial charge < -0.3 is 20.4 Å². The minimum Gasteiger partial charge on any atom is -0.368 e. The number of aromatic nitrogens is 1. The molecule has 1 aliphatic rings. The van der Waals surface area contributed by atoms with Crippen LogP contribution >= 0.6 is 19.6 Å². The van der Waals surface area contributed by atoms with Gasteiger partial charge in [-0.3, -0.25) is 9.32 Å². The molecular weight excluding hydrogens is 465 g/mol. The summed E-state index contributed by atoms with van der Waals surface area (Å²) in [4.78, 5) is 40.4. The summed E-state index contributed by atoms with van der Waals surface area (Å²) in [6, 6.07) is 11.0. The number of primary amides is 1. The Bertz CT molecular complexity index is 1170. The average molecular weight is 487 g/mol. The second-order valence-electron chi connectivity index (χ2n) is 7.28. The van der Waals surface area contributed by atoms with E-state index in [1.54, 1.807) is 29.2 Å². The van der Waals surface area contributed by atoms with Gasteiger partial charge in [0.1, 0.15) is 22.2 Å². The Morgan fingerprint density at radius 1 is 1.48 bits per heavy atom. The summed E-state index contributed by atoms with van der Waals surface area (Å²) in [6.07, 6.45) is -0.0139. The maximum Gasteiger partial charge on any atom is 0.469 e. The molecule has 1 aliphatic heterocycles. The fourth-order valence-corrected chi connectivity index (χ4v) is 5.32. The van der Waals surface area contributed by atoms with Crippen molar-refractivity contribution < 1.29 is 23.7 Å². The Hall–Kier alpha value is -2.92. The van der Waals surface area contributed by atoms with Gasteiger partial charge in [-0.25, -0.2) is 14.4 Å². The van der Waals surface area contributed by atoms with Gasteiger partial charge in [-0.2, -0.15) is 5.26 Å². The molecule has 1 amide bonds. The van der Waals surface area contributed by atoms with E-state index in [9.17, 15) is 14.6 Å². The van der Waals surface area contributed by atoms with Gasteiger partial charge in [0.05, 0.1) is 18.2 Å². The first-order valence-corrected chi connectivity index (χ1v) is 12.4. The van der Waals surface area contributed by atoms with Crippen LogP contribution in [0, 0.1) is 17.9 Å². The second kappa shape index (κ2) is 10.3. The van der Waals surface area contributed by atoms with Crippen molar-refractivity contribution in [2.45, 2.75) is 36.1 Å². The number of benzene rings is 1. The second-order valence-corrected chi connectivity index (χ2v) is 9.57. The first kappa shape index (κ1) is 24.7. The van der Waals surface area contributed by atoms with Crippen LogP contribution in [0.5, 0.6) is 0 Å². The molecule has 2 aromatic rings. The number of carbonyl (C=O) groups is 1. The molecule has 0 saturated carbocycles. The molecule has 2 atom stereocenters. The molecule has 3 rings (SSSR count). The summed E-state index contributed by atoms with van der Waals surface area (Å²) in [5.74, 6) is -0.307. The molecule has 1 aromatic heterocycles. The fraction of sp³-hybridized carbons (Fsp3) is 0.333. The number of phosphoric acid groups is 1. The number of nitrogens with zero attached hydrogens (tertiary/aromatic N) is 4. The number of thioether (sulfide) groups is 1. The quantitative estimate of drug-likeness (QED) is 0.289. The van der Waals surface area contributed by atoms with Gasteiger partial charge in [-0.1, -0.05) is 49.0 Å². The first-order chi connectivity index (χ1) is 15.7. The van der Waals surface area contributed by atoms with E-state index in [2.05, 4.69) is 15.9 Å². The van der Waals surface area contributed by atoms with Gasteiger partial charge >= 0.3 is 7.82 Å². The Morgan fingerprint density at radius 2 is 2.18 bits per heavy atom. The van der Waals surface area contributed by atoms with Crippen molar-refractivity contribution in [3.63, 3.8) is 0 Å². The molecule has 1 saturated heterocycles. The van der Waals surface area contributed by atoms with E-state index in [0.717, 1.165) is 11.8 Å². The van der Waals surface area contributed by atoms with E-state index in [4.69, 9.17) is 26.6 Å². The largest absolute Gasteiger partial charge is 0.469 e. The standard InChI is InChI=1S/C21H22N5O5PS/c1-3-15-16(11-22)21(33-18(19(23)27)13-7-5-4-6-8-13)25-20(17(15)24-2)26-10-9-14(12-26)31-32(28,29)30/h4-8,14,18H,3,9-10,12H2,1H3,(H2,23,27)(H2,28,29,30). The zero-order valence-electron chi connectivity index (χ0n) is 17.7. The highest BCUT2D eigenvalue weighted by atomic mass is 32.2. The van der Waals surface area contributed by atoms with Gasteiger partial charge in [0.2, 0.25) is 11.6 Å². The lowest BCUT2D eigenvalue weighted by Gasteiger charge is -2.23. The average Bonchev–Trinajstić information content (AvgIpc) is 3.23. The van der Waals surface area contributed by atoms with Crippen LogP contribution in [0.3, 0.4) is 0 Å². The summed E-state index contributed by atoms with van der Waals surface area (Å²) in [6.45, 7) is 9.98. The number of amides is 1. The summed E-state index contributed by atoms with van der Waals surface area (Å²) in [7, 11) is -4.66. The lowest BCUT2D eigenvalue weighted by molar-refractivity contribution is -0.117. The van der Waals surface area contributed by atoms with Crippen molar-refractivity contribution in [1.82, 2.24) is 4.98 Å². The summed E-state index contributed by atoms with van der Waals surface area (Å²) >= 11 is 1.04. The van der Waals surface area contributed by atoms with E-state index in [1.807, 2.05) is 13.0 Å². The van der Waals surface area contributed by atoms with E-state index < -0.39 is 25.1 Å². The number of nitrogens with two attached hydrogens (primary N) is 1. The number of pyridine rings is 1. The molecule has 1 aromatic carbocycles. The number of hydrogen-bond donors (Lipinski definition) is 3. The highest BCUT2D eigenvalue weighted by Crippen LogP contribution is 2.44. The Kier molecular flexibility index (Phi) is 7.75. The van der Waals surface area contributed by atoms with E-state index in [1.165, 1.54) is 0 Å². The number of hydrogen-bond acceptors (Lipinski definition) is 7. The number of nitriles is 1. The van der Waals surface area contributed by atoms with Crippen LogP contribution in [-0.4, -0.2) is 39.9 Å². The van der Waals surface area contributed by atoms with Gasteiger partial charge in [0, 0.05) is 13.1 Å². The lowest BCUT2D eigenvalue weighted by atomic mass is 10.1. The maximum atomic E-state index is 12.2. The van der Waals surface area contributed by atoms with Crippen LogP contribution in [0.25, 0.3) is 4.85 Å². The smallest absolute Gasteiger partial charge is 0.368 e. The SMILES string of the molecule is [C-]#[N+]c1c(N2CCC(OP(=O)(O)O)C2)nc(SC(C(N)=O)c2ccccc2)c(C#N)c1CC. The summed E-state index contributed by atoms with van der Waals surface area (Å²) < 4.78 is 16.0. The minimum absolute atomic E-state index is 0.123. The predicted octanol–water partition coefficient (Wildman–Crippen LogP) is 3.07. The Labute approximate surface area is 195 Å². The van der Waals surface area contributed by atoms with E-state index >= 15 is 0 Å². The highest BCUT2D eigenvalue weighted by molar-refractivity contribution is 8.00. The van der Waals surface area contributed by atoms with Crippen molar-refractivity contribution >= 4 is 37.0 Å². The van der Waals surface area contributed by atoms with Crippen LogP contribution in [-0.2, 0) is 20.3 Å². The maximum absolute atomic E-state index is 12.2. The molecular formula is C21H22N5O5PS. The van der Waals surface area contributed by atoms with Crippen molar-refractivity contribution in [2.24, 2.45) is 5.73 Å². The number of carbonyl (C=O) groups excluding carboxylic acids is 1. The molecule has 2 unspecified atom stereocenters. The van der Waals surface area contributed by atoms with Gasteiger partial charge in [-0.15, -0.1) is 0 Å². The van der Waals surface area contributed by atoms with E-state index in [0.29, 0.717) is 30.5 Å². The predicted molar refractivity (Wildman–Crippen MR) is 123 cm³/mol. The third kappa shape index (κ3) is 5.72. The summed E-state index contributed by atoms with van der Waals surface area (Å²) in [5, 5.41) is 9.32. The zero-order chi connectivity index (χ0) is 24.2. The molecule has 0 spiro atoms. The van der Waals surface area contributed by atoms with Crippen molar-refractivity contribution in [3.05, 3.63) is 58.4 Å². The first-order valence-electron chi connectivity index (χ1n) is 10.0. The van der Waals surface area contributed by atoms with Gasteiger partial charge in [0.25, 0.3) is 0 Å². The molecule has 0 bridgehead atoms. The van der Waals surface area contributed by atoms with Crippen LogP contribution < -0.4 is 10.6 Å². The topological polar surface area (TPSA) is 154 Å². The van der Waals surface area contributed by atoms with Crippen LogP contribution in [0.2, 0.25) is 0 Å². The van der Waals surface area contributed by atoms with Crippen molar-refractivity contribution in [2.75, 3.05) is 18.0 Å². The van der Waals surface area contributed by atoms with Crippen LogP contribution in [0.15, 0.2) is 35.4 Å². The molecule has 4 N–H and O–H groups in total. The highest BCUT2D eigenvalue weighted by Gasteiger charge is 2.33. The zero-order valence-corrected chi connectivity index (χ0v) is 19.4. The van der Waals surface area contributed by atoms with Crippen LogP contribution in [0.4, 0.5) is 11.5 Å². The normalized spacial score (nSPS) is 16.8. The molecule has 172 valence electrons. The lowest BCUT2D eigenvalue weighted by Crippen LogP contribution is -2.24. The molecule has 0 aliphatic carbocycles. The minimum atomic E-state index is -4.66. The van der Waals surface area contributed by atoms with Crippen molar-refractivity contribution in [3.8, 4) is 6.07 Å². The Morgan fingerprint density at radius 3 is 2.73 bits per heavy atom. The van der Waals surface area contributed by atoms with Crippen LogP contribution in [0.1, 0.15) is 35.3 Å².